The summed E-state index contributed by atoms with van der Waals surface area (Å²) in [5, 5.41) is 0. The molecule has 4 atom stereocenters. The Bertz CT molecular complexity index is 1390. The summed E-state index contributed by atoms with van der Waals surface area (Å²) in [7, 11) is 0. The molecule has 7 rings (SSSR count). The van der Waals surface area contributed by atoms with Crippen LogP contribution in [-0.2, 0) is 19.8 Å². The van der Waals surface area contributed by atoms with E-state index in [4.69, 9.17) is 14.2 Å². The largest absolute Gasteiger partial charge is 0.362 e. The third kappa shape index (κ3) is 4.54. The molecule has 40 heavy (non-hydrogen) atoms. The normalized spacial score (nSPS) is 24.1. The molecule has 0 N–H and O–H groups in total. The number of hydrogen-bond donors (Lipinski definition) is 0. The Morgan fingerprint density at radius 1 is 0.750 bits per heavy atom. The average molecular weight is 536 g/mol. The molecule has 3 saturated heterocycles. The molecule has 0 aliphatic carbocycles. The molecule has 4 heterocycles. The van der Waals surface area contributed by atoms with Gasteiger partial charge in [0.1, 0.15) is 23.9 Å². The van der Waals surface area contributed by atoms with Gasteiger partial charge < -0.3 is 19.1 Å². The first kappa shape index (κ1) is 25.2. The van der Waals surface area contributed by atoms with E-state index in [9.17, 15) is 4.79 Å². The van der Waals surface area contributed by atoms with Gasteiger partial charge in [0.2, 0.25) is 5.95 Å². The summed E-state index contributed by atoms with van der Waals surface area (Å²) in [6.45, 7) is 2.11. The van der Waals surface area contributed by atoms with Crippen LogP contribution in [0.1, 0.15) is 42.2 Å². The number of benzene rings is 3. The second-order valence-electron chi connectivity index (χ2n) is 10.7. The first-order valence-corrected chi connectivity index (χ1v) is 14.2. The minimum absolute atomic E-state index is 0.0707. The maximum Gasteiger partial charge on any atom is 0.274 e. The fourth-order valence-corrected chi connectivity index (χ4v) is 6.26. The van der Waals surface area contributed by atoms with Crippen LogP contribution in [0.4, 0.5) is 5.95 Å². The summed E-state index contributed by atoms with van der Waals surface area (Å²) >= 11 is 0. The van der Waals surface area contributed by atoms with Crippen molar-refractivity contribution in [2.75, 3.05) is 24.6 Å². The van der Waals surface area contributed by atoms with Gasteiger partial charge in [0.25, 0.3) is 5.56 Å². The van der Waals surface area contributed by atoms with Crippen molar-refractivity contribution in [2.24, 2.45) is 0 Å². The molecule has 0 bridgehead atoms. The molecule has 0 spiro atoms. The fraction of sp³-hybridized carbons (Fsp3) is 0.333. The lowest BCUT2D eigenvalue weighted by Crippen LogP contribution is -2.38. The minimum atomic E-state index is -0.826. The summed E-state index contributed by atoms with van der Waals surface area (Å²) in [5.74, 6) is 0.667. The summed E-state index contributed by atoms with van der Waals surface area (Å²) in [5.41, 5.74) is 2.08. The zero-order chi connectivity index (χ0) is 26.9. The number of piperidine rings is 1. The van der Waals surface area contributed by atoms with Gasteiger partial charge in [-0.05, 0) is 36.0 Å². The molecule has 0 unspecified atom stereocenters. The van der Waals surface area contributed by atoms with Crippen molar-refractivity contribution >= 4 is 5.95 Å². The van der Waals surface area contributed by atoms with E-state index in [-0.39, 0.29) is 30.1 Å². The Morgan fingerprint density at radius 3 is 1.90 bits per heavy atom. The van der Waals surface area contributed by atoms with Crippen molar-refractivity contribution < 1.29 is 14.2 Å². The van der Waals surface area contributed by atoms with E-state index in [1.165, 1.54) is 12.5 Å². The number of hydrogen-bond acceptors (Lipinski definition) is 6. The fourth-order valence-electron chi connectivity index (χ4n) is 6.26. The van der Waals surface area contributed by atoms with Crippen LogP contribution in [0.25, 0.3) is 0 Å². The second-order valence-corrected chi connectivity index (χ2v) is 10.7. The SMILES string of the molecule is O=c1ccn([C@@H]2O[C@H](COC(c3ccccc3)(c3ccccc3)c3ccccc3)[C@@H]3O[C@@H]32)c(N2CCCCC2)n1. The lowest BCUT2D eigenvalue weighted by atomic mass is 9.80. The van der Waals surface area contributed by atoms with E-state index in [1.807, 2.05) is 59.2 Å². The van der Waals surface area contributed by atoms with Crippen molar-refractivity contribution in [2.45, 2.75) is 49.4 Å². The van der Waals surface area contributed by atoms with Crippen LogP contribution in [-0.4, -0.2) is 47.6 Å². The van der Waals surface area contributed by atoms with Gasteiger partial charge in [-0.1, -0.05) is 91.0 Å². The van der Waals surface area contributed by atoms with Crippen LogP contribution in [0.2, 0.25) is 0 Å². The highest BCUT2D eigenvalue weighted by Crippen LogP contribution is 2.48. The summed E-state index contributed by atoms with van der Waals surface area (Å²) in [6, 6.07) is 32.6. The Morgan fingerprint density at radius 2 is 1.32 bits per heavy atom. The van der Waals surface area contributed by atoms with Gasteiger partial charge in [-0.15, -0.1) is 0 Å². The molecule has 0 saturated carbocycles. The van der Waals surface area contributed by atoms with Crippen LogP contribution in [0.15, 0.2) is 108 Å². The highest BCUT2D eigenvalue weighted by molar-refractivity contribution is 5.47. The zero-order valence-corrected chi connectivity index (χ0v) is 22.3. The minimum Gasteiger partial charge on any atom is -0.362 e. The summed E-state index contributed by atoms with van der Waals surface area (Å²) in [6.07, 6.45) is 4.40. The molecule has 3 fully saturated rings. The lowest BCUT2D eigenvalue weighted by Gasteiger charge is -2.37. The Balaban J connectivity index is 1.20. The molecule has 3 aliphatic heterocycles. The molecule has 7 nitrogen and oxygen atoms in total. The molecule has 0 amide bonds. The topological polar surface area (TPSA) is 69.1 Å². The van der Waals surface area contributed by atoms with Crippen molar-refractivity contribution in [3.8, 4) is 0 Å². The highest BCUT2D eigenvalue weighted by Gasteiger charge is 2.59. The number of aromatic nitrogens is 2. The van der Waals surface area contributed by atoms with Crippen LogP contribution in [0.3, 0.4) is 0 Å². The van der Waals surface area contributed by atoms with Crippen LogP contribution >= 0.6 is 0 Å². The monoisotopic (exact) mass is 535 g/mol. The van der Waals surface area contributed by atoms with Gasteiger partial charge in [-0.3, -0.25) is 9.36 Å². The number of epoxide rings is 1. The van der Waals surface area contributed by atoms with Crippen molar-refractivity contribution in [3.05, 3.63) is 130 Å². The van der Waals surface area contributed by atoms with Gasteiger partial charge in [0.05, 0.1) is 6.61 Å². The van der Waals surface area contributed by atoms with Crippen LogP contribution in [0, 0.1) is 0 Å². The smallest absolute Gasteiger partial charge is 0.274 e. The quantitative estimate of drug-likeness (QED) is 0.236. The summed E-state index contributed by atoms with van der Waals surface area (Å²) in [4.78, 5) is 18.8. The van der Waals surface area contributed by atoms with Gasteiger partial charge in [-0.25, -0.2) is 0 Å². The van der Waals surface area contributed by atoms with E-state index < -0.39 is 5.60 Å². The van der Waals surface area contributed by atoms with Gasteiger partial charge >= 0.3 is 0 Å². The Kier molecular flexibility index (Phi) is 6.71. The van der Waals surface area contributed by atoms with E-state index >= 15 is 0 Å². The Labute approximate surface area is 234 Å². The third-order valence-electron chi connectivity index (χ3n) is 8.26. The zero-order valence-electron chi connectivity index (χ0n) is 22.3. The van der Waals surface area contributed by atoms with Crippen molar-refractivity contribution in [1.29, 1.82) is 0 Å². The summed E-state index contributed by atoms with van der Waals surface area (Å²) < 4.78 is 21.8. The van der Waals surface area contributed by atoms with E-state index in [0.29, 0.717) is 12.6 Å². The predicted molar refractivity (Wildman–Crippen MR) is 152 cm³/mol. The lowest BCUT2D eigenvalue weighted by molar-refractivity contribution is -0.116. The molecular weight excluding hydrogens is 502 g/mol. The van der Waals surface area contributed by atoms with Gasteiger partial charge in [-0.2, -0.15) is 4.98 Å². The number of rotatable bonds is 8. The molecule has 0 radical (unpaired) electrons. The molecule has 7 heteroatoms. The molecule has 3 aliphatic rings. The second kappa shape index (κ2) is 10.7. The number of anilines is 1. The van der Waals surface area contributed by atoms with Gasteiger partial charge in [0.15, 0.2) is 6.23 Å². The van der Waals surface area contributed by atoms with E-state index in [2.05, 4.69) is 46.3 Å². The van der Waals surface area contributed by atoms with E-state index in [1.54, 1.807) is 6.20 Å². The number of nitrogens with zero attached hydrogens (tertiary/aromatic N) is 3. The van der Waals surface area contributed by atoms with E-state index in [0.717, 1.165) is 42.6 Å². The maximum absolute atomic E-state index is 12.2. The third-order valence-corrected chi connectivity index (χ3v) is 8.26. The highest BCUT2D eigenvalue weighted by atomic mass is 16.7. The molecule has 204 valence electrons. The Hall–Kier alpha value is -3.78. The maximum atomic E-state index is 12.2. The van der Waals surface area contributed by atoms with Crippen LogP contribution in [0.5, 0.6) is 0 Å². The molecule has 1 aromatic heterocycles. The van der Waals surface area contributed by atoms with Gasteiger partial charge in [0, 0.05) is 25.4 Å². The standard InChI is InChI=1S/C33H33N3O4/c37-28-19-22-36(32(34-28)35-20-11-4-12-21-35)31-30-29(40-30)27(39-31)23-38-33(24-13-5-1-6-14-24,25-15-7-2-8-16-25)26-17-9-3-10-18-26/h1-3,5-10,13-19,22,27,29-31H,4,11-12,20-21,23H2/t27-,29+,30+,31-/m1/s1. The molecule has 4 aromatic rings. The first-order chi connectivity index (χ1) is 19.7. The number of ether oxygens (including phenoxy) is 3. The first-order valence-electron chi connectivity index (χ1n) is 14.2. The number of fused-ring (bicyclic) bond motifs is 1. The van der Waals surface area contributed by atoms with Crippen molar-refractivity contribution in [1.82, 2.24) is 9.55 Å². The molecule has 3 aromatic carbocycles. The molecular formula is C33H33N3O4. The predicted octanol–water partition coefficient (Wildman–Crippen LogP) is 4.91. The van der Waals surface area contributed by atoms with Crippen LogP contribution < -0.4 is 10.5 Å². The van der Waals surface area contributed by atoms with Crippen molar-refractivity contribution in [3.63, 3.8) is 0 Å². The average Bonchev–Trinajstić information content (AvgIpc) is 3.74.